The summed E-state index contributed by atoms with van der Waals surface area (Å²) in [5.41, 5.74) is 2.88. The monoisotopic (exact) mass is 446 g/mol. The molecule has 0 atom stereocenters. The Morgan fingerprint density at radius 3 is 2.50 bits per heavy atom. The quantitative estimate of drug-likeness (QED) is 0.313. The number of benzene rings is 3. The molecular weight excluding hydrogens is 423 g/mol. The third kappa shape index (κ3) is 7.72. The van der Waals surface area contributed by atoms with Gasteiger partial charge in [-0.3, -0.25) is 5.14 Å². The van der Waals surface area contributed by atoms with Gasteiger partial charge in [0.2, 0.25) is 0 Å². The van der Waals surface area contributed by atoms with Gasteiger partial charge in [-0.05, 0) is 78.7 Å². The van der Waals surface area contributed by atoms with E-state index >= 15 is 0 Å². The van der Waals surface area contributed by atoms with Gasteiger partial charge in [-0.15, -0.1) is 12.6 Å². The van der Waals surface area contributed by atoms with Gasteiger partial charge in [0.15, 0.2) is 6.61 Å². The topological polar surface area (TPSA) is 84.6 Å². The van der Waals surface area contributed by atoms with Gasteiger partial charge >= 0.3 is 5.97 Å². The lowest BCUT2D eigenvalue weighted by Gasteiger charge is -2.13. The maximum absolute atomic E-state index is 12.1. The molecule has 8 heteroatoms. The second-order valence-corrected chi connectivity index (χ2v) is 7.39. The molecule has 0 spiro atoms. The number of rotatable bonds is 7. The van der Waals surface area contributed by atoms with E-state index in [1.165, 1.54) is 24.1 Å². The zero-order valence-corrected chi connectivity index (χ0v) is 18.1. The van der Waals surface area contributed by atoms with Gasteiger partial charge in [0.25, 0.3) is 0 Å². The summed E-state index contributed by atoms with van der Waals surface area (Å²) in [5, 5.41) is 17.5. The zero-order valence-electron chi connectivity index (χ0n) is 16.3. The van der Waals surface area contributed by atoms with E-state index in [2.05, 4.69) is 17.9 Å². The third-order valence-electron chi connectivity index (χ3n) is 3.88. The van der Waals surface area contributed by atoms with Gasteiger partial charge in [0, 0.05) is 21.9 Å². The normalized spacial score (nSPS) is 10.1. The number of aliphatic carboxylic acids is 1. The summed E-state index contributed by atoms with van der Waals surface area (Å²) in [4.78, 5) is 12.5. The summed E-state index contributed by atoms with van der Waals surface area (Å²) in [7, 11) is 1.88. The van der Waals surface area contributed by atoms with E-state index in [4.69, 9.17) is 15.0 Å². The Morgan fingerprint density at radius 1 is 1.17 bits per heavy atom. The molecule has 3 aromatic carbocycles. The van der Waals surface area contributed by atoms with Gasteiger partial charge in [-0.25, -0.2) is 9.18 Å². The average molecular weight is 447 g/mol. The van der Waals surface area contributed by atoms with Crippen LogP contribution in [0, 0.1) is 5.82 Å². The van der Waals surface area contributed by atoms with E-state index in [9.17, 15) is 9.18 Å². The van der Waals surface area contributed by atoms with Crippen molar-refractivity contribution >= 4 is 30.5 Å². The lowest BCUT2D eigenvalue weighted by atomic mass is 10.0. The molecule has 0 aromatic heterocycles. The van der Waals surface area contributed by atoms with Crippen LogP contribution in [-0.4, -0.2) is 24.7 Å². The summed E-state index contributed by atoms with van der Waals surface area (Å²) < 4.78 is 17.5. The van der Waals surface area contributed by atoms with Gasteiger partial charge in [-0.2, -0.15) is 0 Å². The molecule has 0 aliphatic rings. The molecular formula is C22H23FN2O3S2. The minimum Gasteiger partial charge on any atom is -0.481 e. The van der Waals surface area contributed by atoms with Crippen molar-refractivity contribution in [2.24, 2.45) is 5.14 Å². The molecule has 158 valence electrons. The number of thiol groups is 1. The van der Waals surface area contributed by atoms with Crippen LogP contribution in [0.25, 0.3) is 11.1 Å². The maximum atomic E-state index is 12.1. The molecule has 0 radical (unpaired) electrons. The first-order chi connectivity index (χ1) is 14.4. The average Bonchev–Trinajstić information content (AvgIpc) is 2.75. The number of hydrogen-bond acceptors (Lipinski definition) is 6. The molecule has 0 aliphatic carbocycles. The molecule has 3 rings (SSSR count). The first kappa shape index (κ1) is 23.8. The molecule has 4 N–H and O–H groups in total. The van der Waals surface area contributed by atoms with Gasteiger partial charge in [0.1, 0.15) is 11.6 Å². The van der Waals surface area contributed by atoms with Crippen LogP contribution in [0.4, 0.5) is 4.39 Å². The lowest BCUT2D eigenvalue weighted by molar-refractivity contribution is -0.139. The molecule has 0 bridgehead atoms. The van der Waals surface area contributed by atoms with E-state index in [0.29, 0.717) is 5.75 Å². The largest absolute Gasteiger partial charge is 0.481 e. The smallest absolute Gasteiger partial charge is 0.341 e. The minimum absolute atomic E-state index is 0.220. The molecule has 0 aliphatic heterocycles. The van der Waals surface area contributed by atoms with Crippen LogP contribution in [0.1, 0.15) is 5.56 Å². The van der Waals surface area contributed by atoms with Crippen LogP contribution in [0.5, 0.6) is 5.75 Å². The fraction of sp³-hybridized carbons (Fsp3) is 0.136. The summed E-state index contributed by atoms with van der Waals surface area (Å²) >= 11 is 5.13. The number of nitrogens with two attached hydrogens (primary N) is 1. The number of carboxylic acids is 1. The number of nitrogens with one attached hydrogen (secondary N) is 1. The summed E-state index contributed by atoms with van der Waals surface area (Å²) in [6, 6.07) is 19.4. The van der Waals surface area contributed by atoms with Crippen molar-refractivity contribution in [2.75, 3.05) is 13.7 Å². The highest BCUT2D eigenvalue weighted by atomic mass is 32.2. The number of carbonyl (C=O) groups is 1. The SMILES string of the molecule is CNCc1ccc(OCC(=O)O)c(-c2cccc(SN)c2)c1.Fc1ccc(S)cc1. The van der Waals surface area contributed by atoms with Crippen LogP contribution >= 0.6 is 24.6 Å². The molecule has 0 unspecified atom stereocenters. The van der Waals surface area contributed by atoms with Crippen molar-refractivity contribution in [3.63, 3.8) is 0 Å². The molecule has 0 heterocycles. The van der Waals surface area contributed by atoms with E-state index in [0.717, 1.165) is 33.0 Å². The number of ether oxygens (including phenoxy) is 1. The first-order valence-electron chi connectivity index (χ1n) is 8.96. The van der Waals surface area contributed by atoms with Gasteiger partial charge < -0.3 is 15.2 Å². The number of carboxylic acid groups (broad SMARTS) is 1. The Balaban J connectivity index is 0.000000335. The van der Waals surface area contributed by atoms with Crippen molar-refractivity contribution in [1.29, 1.82) is 0 Å². The molecule has 0 fully saturated rings. The Kier molecular flexibility index (Phi) is 9.69. The first-order valence-corrected chi connectivity index (χ1v) is 10.3. The maximum Gasteiger partial charge on any atom is 0.341 e. The minimum atomic E-state index is -1.00. The van der Waals surface area contributed by atoms with E-state index in [1.54, 1.807) is 18.2 Å². The summed E-state index contributed by atoms with van der Waals surface area (Å²) in [5.74, 6) is -0.680. The zero-order chi connectivity index (χ0) is 21.9. The van der Waals surface area contributed by atoms with Crippen molar-refractivity contribution in [1.82, 2.24) is 5.32 Å². The predicted molar refractivity (Wildman–Crippen MR) is 121 cm³/mol. The van der Waals surface area contributed by atoms with E-state index < -0.39 is 5.97 Å². The molecule has 0 amide bonds. The molecule has 0 saturated heterocycles. The highest BCUT2D eigenvalue weighted by Crippen LogP contribution is 2.32. The summed E-state index contributed by atoms with van der Waals surface area (Å²) in [6.45, 7) is 0.348. The van der Waals surface area contributed by atoms with Crippen LogP contribution in [-0.2, 0) is 11.3 Å². The van der Waals surface area contributed by atoms with Crippen LogP contribution in [0.3, 0.4) is 0 Å². The van der Waals surface area contributed by atoms with Gasteiger partial charge in [0.05, 0.1) is 0 Å². The van der Waals surface area contributed by atoms with Crippen LogP contribution in [0.15, 0.2) is 76.5 Å². The van der Waals surface area contributed by atoms with Crippen LogP contribution in [0.2, 0.25) is 0 Å². The van der Waals surface area contributed by atoms with Crippen molar-refractivity contribution in [2.45, 2.75) is 16.3 Å². The Labute approximate surface area is 185 Å². The third-order valence-corrected chi connectivity index (χ3v) is 4.71. The van der Waals surface area contributed by atoms with Crippen LogP contribution < -0.4 is 15.2 Å². The molecule has 5 nitrogen and oxygen atoms in total. The standard InChI is InChI=1S/C16H18N2O3S.C6H5FS/c1-18-9-11-5-6-15(21-10-16(19)20)14(7-11)12-3-2-4-13(8-12)22-17;7-5-1-3-6(8)4-2-5/h2-8,18H,9-10,17H2,1H3,(H,19,20);1-4,8H. The Hall–Kier alpha value is -2.52. The molecule has 0 saturated carbocycles. The fourth-order valence-corrected chi connectivity index (χ4v) is 3.06. The molecule has 30 heavy (non-hydrogen) atoms. The number of hydrogen-bond donors (Lipinski definition) is 4. The predicted octanol–water partition coefficient (Wildman–Crippen LogP) is 4.62. The molecule has 3 aromatic rings. The Morgan fingerprint density at radius 2 is 1.90 bits per heavy atom. The fourth-order valence-electron chi connectivity index (χ4n) is 2.56. The van der Waals surface area contributed by atoms with Gasteiger partial charge in [-0.1, -0.05) is 18.2 Å². The lowest BCUT2D eigenvalue weighted by Crippen LogP contribution is -2.10. The number of halogens is 1. The highest BCUT2D eigenvalue weighted by Gasteiger charge is 2.10. The van der Waals surface area contributed by atoms with E-state index in [-0.39, 0.29) is 12.4 Å². The Bertz CT molecular complexity index is 948. The second kappa shape index (κ2) is 12.2. The van der Waals surface area contributed by atoms with Crippen molar-refractivity contribution < 1.29 is 19.0 Å². The second-order valence-electron chi connectivity index (χ2n) is 6.17. The summed E-state index contributed by atoms with van der Waals surface area (Å²) in [6.07, 6.45) is 0. The van der Waals surface area contributed by atoms with Crippen molar-refractivity contribution in [3.05, 3.63) is 78.1 Å². The van der Waals surface area contributed by atoms with Crippen molar-refractivity contribution in [3.8, 4) is 16.9 Å². The van der Waals surface area contributed by atoms with E-state index in [1.807, 2.05) is 43.4 Å². The highest BCUT2D eigenvalue weighted by molar-refractivity contribution is 7.97.